The Kier molecular flexibility index (Phi) is 2.80. The third-order valence-corrected chi connectivity index (χ3v) is 5.44. The number of ether oxygens (including phenoxy) is 1. The second-order valence-electron chi connectivity index (χ2n) is 6.34. The Morgan fingerprint density at radius 1 is 1.38 bits per heavy atom. The summed E-state index contributed by atoms with van der Waals surface area (Å²) >= 11 is 0. The number of rotatable bonds is 3. The lowest BCUT2D eigenvalue weighted by Crippen LogP contribution is -2.38. The van der Waals surface area contributed by atoms with Crippen LogP contribution in [0.25, 0.3) is 0 Å². The zero-order valence-electron chi connectivity index (χ0n) is 11.0. The SMILES string of the molecule is CCCC(=O)O[C@@H]1C[C@H]2CC[C@@]1(C)C2(C)C. The maximum Gasteiger partial charge on any atom is 0.306 e. The quantitative estimate of drug-likeness (QED) is 0.685. The number of fused-ring (bicyclic) bond motifs is 2. The molecule has 0 amide bonds. The third kappa shape index (κ3) is 1.49. The molecule has 2 aliphatic rings. The second kappa shape index (κ2) is 3.75. The Labute approximate surface area is 98.7 Å². The fourth-order valence-corrected chi connectivity index (χ4v) is 3.73. The van der Waals surface area contributed by atoms with E-state index in [1.807, 2.05) is 6.92 Å². The van der Waals surface area contributed by atoms with Crippen LogP contribution in [0.5, 0.6) is 0 Å². The van der Waals surface area contributed by atoms with Crippen molar-refractivity contribution in [2.45, 2.75) is 65.9 Å². The van der Waals surface area contributed by atoms with Crippen molar-refractivity contribution in [3.8, 4) is 0 Å². The lowest BCUT2D eigenvalue weighted by atomic mass is 9.70. The summed E-state index contributed by atoms with van der Waals surface area (Å²) in [4.78, 5) is 11.6. The highest BCUT2D eigenvalue weighted by Crippen LogP contribution is 2.66. The minimum absolute atomic E-state index is 0.00271. The molecule has 0 aromatic rings. The molecule has 0 heterocycles. The smallest absolute Gasteiger partial charge is 0.306 e. The van der Waals surface area contributed by atoms with E-state index in [-0.39, 0.29) is 17.5 Å². The van der Waals surface area contributed by atoms with E-state index in [0.29, 0.717) is 11.8 Å². The fraction of sp³-hybridized carbons (Fsp3) is 0.929. The van der Waals surface area contributed by atoms with Crippen LogP contribution in [0, 0.1) is 16.7 Å². The van der Waals surface area contributed by atoms with E-state index in [0.717, 1.165) is 18.8 Å². The Balaban J connectivity index is 2.07. The predicted molar refractivity (Wildman–Crippen MR) is 64.0 cm³/mol. The van der Waals surface area contributed by atoms with Crippen molar-refractivity contribution in [1.82, 2.24) is 0 Å². The Hall–Kier alpha value is -0.530. The summed E-state index contributed by atoms with van der Waals surface area (Å²) in [5.41, 5.74) is 0.547. The summed E-state index contributed by atoms with van der Waals surface area (Å²) in [7, 11) is 0. The molecule has 2 rings (SSSR count). The van der Waals surface area contributed by atoms with Crippen LogP contribution in [-0.2, 0) is 9.53 Å². The first-order valence-electron chi connectivity index (χ1n) is 6.61. The minimum Gasteiger partial charge on any atom is -0.462 e. The Bertz CT molecular complexity index is 295. The number of hydrogen-bond acceptors (Lipinski definition) is 2. The van der Waals surface area contributed by atoms with Crippen LogP contribution in [0.15, 0.2) is 0 Å². The Morgan fingerprint density at radius 3 is 2.50 bits per heavy atom. The van der Waals surface area contributed by atoms with Gasteiger partial charge in [-0.15, -0.1) is 0 Å². The molecule has 0 N–H and O–H groups in total. The molecule has 0 aromatic heterocycles. The highest BCUT2D eigenvalue weighted by atomic mass is 16.5. The zero-order valence-corrected chi connectivity index (χ0v) is 11.0. The van der Waals surface area contributed by atoms with Gasteiger partial charge in [-0.05, 0) is 37.0 Å². The monoisotopic (exact) mass is 224 g/mol. The first-order chi connectivity index (χ1) is 7.41. The van der Waals surface area contributed by atoms with Gasteiger partial charge in [-0.2, -0.15) is 0 Å². The van der Waals surface area contributed by atoms with E-state index in [1.54, 1.807) is 0 Å². The standard InChI is InChI=1S/C14H24O2/c1-5-6-12(15)16-11-9-10-7-8-14(11,4)13(10,2)3/h10-11H,5-9H2,1-4H3/t10-,11-,14-/m1/s1. The molecule has 2 fully saturated rings. The van der Waals surface area contributed by atoms with Crippen molar-refractivity contribution in [2.75, 3.05) is 0 Å². The van der Waals surface area contributed by atoms with Gasteiger partial charge in [-0.3, -0.25) is 4.79 Å². The maximum atomic E-state index is 11.6. The van der Waals surface area contributed by atoms with Crippen LogP contribution in [0.3, 0.4) is 0 Å². The first-order valence-corrected chi connectivity index (χ1v) is 6.61. The molecule has 2 nitrogen and oxygen atoms in total. The lowest BCUT2D eigenvalue weighted by Gasteiger charge is -2.38. The molecule has 0 aliphatic heterocycles. The summed E-state index contributed by atoms with van der Waals surface area (Å²) in [6, 6.07) is 0. The van der Waals surface area contributed by atoms with E-state index in [1.165, 1.54) is 12.8 Å². The highest BCUT2D eigenvalue weighted by Gasteiger charge is 2.62. The van der Waals surface area contributed by atoms with Crippen molar-refractivity contribution in [3.63, 3.8) is 0 Å². The van der Waals surface area contributed by atoms with Gasteiger partial charge in [-0.25, -0.2) is 0 Å². The topological polar surface area (TPSA) is 26.3 Å². The Morgan fingerprint density at radius 2 is 2.06 bits per heavy atom. The lowest BCUT2D eigenvalue weighted by molar-refractivity contribution is -0.156. The van der Waals surface area contributed by atoms with Gasteiger partial charge in [0.2, 0.25) is 0 Å². The molecule has 2 heteroatoms. The van der Waals surface area contributed by atoms with Crippen molar-refractivity contribution in [3.05, 3.63) is 0 Å². The summed E-state index contributed by atoms with van der Waals surface area (Å²) in [6.07, 6.45) is 5.23. The fourth-order valence-electron chi connectivity index (χ4n) is 3.73. The van der Waals surface area contributed by atoms with E-state index in [2.05, 4.69) is 20.8 Å². The van der Waals surface area contributed by atoms with Crippen molar-refractivity contribution in [1.29, 1.82) is 0 Å². The van der Waals surface area contributed by atoms with Gasteiger partial charge >= 0.3 is 5.97 Å². The van der Waals surface area contributed by atoms with Gasteiger partial charge in [0.05, 0.1) is 0 Å². The summed E-state index contributed by atoms with van der Waals surface area (Å²) in [6.45, 7) is 9.02. The first kappa shape index (κ1) is 11.9. The molecule has 0 spiro atoms. The number of carbonyl (C=O) groups is 1. The largest absolute Gasteiger partial charge is 0.462 e. The molecule has 92 valence electrons. The third-order valence-electron chi connectivity index (χ3n) is 5.44. The molecule has 3 atom stereocenters. The van der Waals surface area contributed by atoms with Crippen LogP contribution in [0.4, 0.5) is 0 Å². The molecule has 0 aromatic carbocycles. The molecular weight excluding hydrogens is 200 g/mol. The van der Waals surface area contributed by atoms with Crippen LogP contribution in [0.1, 0.15) is 59.8 Å². The van der Waals surface area contributed by atoms with Gasteiger partial charge in [0, 0.05) is 11.8 Å². The predicted octanol–water partition coefficient (Wildman–Crippen LogP) is 3.54. The molecule has 16 heavy (non-hydrogen) atoms. The summed E-state index contributed by atoms with van der Waals surface area (Å²) < 4.78 is 5.69. The van der Waals surface area contributed by atoms with Crippen molar-refractivity contribution in [2.24, 2.45) is 16.7 Å². The average Bonchev–Trinajstić information content (AvgIpc) is 2.51. The van der Waals surface area contributed by atoms with Gasteiger partial charge in [0.15, 0.2) is 0 Å². The molecule has 2 aliphatic carbocycles. The van der Waals surface area contributed by atoms with Crippen LogP contribution >= 0.6 is 0 Å². The van der Waals surface area contributed by atoms with E-state index in [9.17, 15) is 4.79 Å². The van der Waals surface area contributed by atoms with Gasteiger partial charge in [0.25, 0.3) is 0 Å². The van der Waals surface area contributed by atoms with Crippen LogP contribution in [0.2, 0.25) is 0 Å². The van der Waals surface area contributed by atoms with Crippen molar-refractivity contribution < 1.29 is 9.53 Å². The maximum absolute atomic E-state index is 11.6. The molecule has 0 unspecified atom stereocenters. The number of carbonyl (C=O) groups excluding carboxylic acids is 1. The molecule has 2 saturated carbocycles. The molecular formula is C14H24O2. The normalized spacial score (nSPS) is 40.0. The van der Waals surface area contributed by atoms with Gasteiger partial charge in [-0.1, -0.05) is 27.7 Å². The van der Waals surface area contributed by atoms with E-state index in [4.69, 9.17) is 4.74 Å². The summed E-state index contributed by atoms with van der Waals surface area (Å²) in [5.74, 6) is 0.744. The van der Waals surface area contributed by atoms with Crippen LogP contribution in [-0.4, -0.2) is 12.1 Å². The summed E-state index contributed by atoms with van der Waals surface area (Å²) in [5, 5.41) is 0. The highest BCUT2D eigenvalue weighted by molar-refractivity contribution is 5.69. The molecule has 0 saturated heterocycles. The van der Waals surface area contributed by atoms with Gasteiger partial charge in [0.1, 0.15) is 6.10 Å². The number of esters is 1. The van der Waals surface area contributed by atoms with E-state index < -0.39 is 0 Å². The molecule has 0 radical (unpaired) electrons. The van der Waals surface area contributed by atoms with Crippen molar-refractivity contribution >= 4 is 5.97 Å². The second-order valence-corrected chi connectivity index (χ2v) is 6.34. The van der Waals surface area contributed by atoms with Gasteiger partial charge < -0.3 is 4.74 Å². The minimum atomic E-state index is -0.00271. The number of hydrogen-bond donors (Lipinski definition) is 0. The molecule has 2 bridgehead atoms. The van der Waals surface area contributed by atoms with Crippen LogP contribution < -0.4 is 0 Å². The average molecular weight is 224 g/mol. The van der Waals surface area contributed by atoms with E-state index >= 15 is 0 Å². The zero-order chi connectivity index (χ0) is 12.0.